The van der Waals surface area contributed by atoms with E-state index in [4.69, 9.17) is 29.6 Å². The summed E-state index contributed by atoms with van der Waals surface area (Å²) in [5.74, 6) is 3.35. The molecule has 0 radical (unpaired) electrons. The molecule has 1 heterocycles. The maximum atomic E-state index is 6.14. The molecule has 2 rings (SSSR count). The summed E-state index contributed by atoms with van der Waals surface area (Å²) < 4.78 is 0. The van der Waals surface area contributed by atoms with E-state index in [2.05, 4.69) is 17.1 Å². The average molecular weight is 301 g/mol. The largest absolute Gasteiger partial charge is 0.389 e. The summed E-state index contributed by atoms with van der Waals surface area (Å²) in [6.07, 6.45) is 2.60. The van der Waals surface area contributed by atoms with Gasteiger partial charge in [0.1, 0.15) is 4.99 Å². The molecule has 18 heavy (non-hydrogen) atoms. The minimum atomic E-state index is 0.343. The van der Waals surface area contributed by atoms with Crippen molar-refractivity contribution in [1.29, 1.82) is 0 Å². The predicted octanol–water partition coefficient (Wildman–Crippen LogP) is 3.53. The lowest BCUT2D eigenvalue weighted by atomic mass is 10.0. The molecular weight excluding hydrogens is 284 g/mol. The third kappa shape index (κ3) is 3.77. The quantitative estimate of drug-likeness (QED) is 0.834. The highest BCUT2D eigenvalue weighted by Gasteiger charge is 2.13. The van der Waals surface area contributed by atoms with Gasteiger partial charge in [-0.25, -0.2) is 0 Å². The van der Waals surface area contributed by atoms with Crippen LogP contribution in [0.25, 0.3) is 0 Å². The fraction of sp³-hybridized carbons (Fsp3) is 0.462. The Morgan fingerprint density at radius 3 is 2.78 bits per heavy atom. The Morgan fingerprint density at radius 2 is 2.17 bits per heavy atom. The predicted molar refractivity (Wildman–Crippen MR) is 85.9 cm³/mol. The molecule has 0 unspecified atom stereocenters. The lowest BCUT2D eigenvalue weighted by Gasteiger charge is -2.22. The van der Waals surface area contributed by atoms with Gasteiger partial charge in [-0.05, 0) is 48.5 Å². The molecule has 1 aliphatic rings. The van der Waals surface area contributed by atoms with Crippen LogP contribution in [0.3, 0.4) is 0 Å². The third-order valence-corrected chi connectivity index (χ3v) is 4.75. The summed E-state index contributed by atoms with van der Waals surface area (Å²) in [5, 5.41) is 4.06. The van der Waals surface area contributed by atoms with Crippen LogP contribution in [-0.4, -0.2) is 23.0 Å². The topological polar surface area (TPSA) is 38.0 Å². The molecule has 1 aliphatic heterocycles. The van der Waals surface area contributed by atoms with Gasteiger partial charge < -0.3 is 11.1 Å². The number of nitrogens with two attached hydrogens (primary N) is 1. The van der Waals surface area contributed by atoms with Crippen molar-refractivity contribution >= 4 is 46.3 Å². The van der Waals surface area contributed by atoms with E-state index in [9.17, 15) is 0 Å². The summed E-state index contributed by atoms with van der Waals surface area (Å²) in [5.41, 5.74) is 7.36. The van der Waals surface area contributed by atoms with Gasteiger partial charge in [-0.1, -0.05) is 23.8 Å². The van der Waals surface area contributed by atoms with E-state index in [0.29, 0.717) is 10.0 Å². The van der Waals surface area contributed by atoms with Gasteiger partial charge in [-0.15, -0.1) is 0 Å². The van der Waals surface area contributed by atoms with Crippen LogP contribution in [0.1, 0.15) is 18.4 Å². The Bertz CT molecular complexity index is 431. The van der Waals surface area contributed by atoms with Gasteiger partial charge in [0.25, 0.3) is 0 Å². The molecule has 3 N–H and O–H groups in total. The van der Waals surface area contributed by atoms with Crippen LogP contribution in [0.2, 0.25) is 5.02 Å². The first-order valence-corrected chi connectivity index (χ1v) is 8.02. The van der Waals surface area contributed by atoms with E-state index >= 15 is 0 Å². The minimum absolute atomic E-state index is 0.343. The zero-order chi connectivity index (χ0) is 13.0. The Labute approximate surface area is 123 Å². The number of anilines is 1. The molecule has 1 fully saturated rings. The average Bonchev–Trinajstić information content (AvgIpc) is 2.37. The Hall–Kier alpha value is -0.450. The molecule has 0 bridgehead atoms. The van der Waals surface area contributed by atoms with E-state index in [1.54, 1.807) is 0 Å². The smallest absolute Gasteiger partial charge is 0.105 e. The van der Waals surface area contributed by atoms with Gasteiger partial charge in [0, 0.05) is 17.8 Å². The summed E-state index contributed by atoms with van der Waals surface area (Å²) in [6, 6.07) is 5.76. The third-order valence-electron chi connectivity index (χ3n) is 3.17. The summed E-state index contributed by atoms with van der Waals surface area (Å²) in [7, 11) is 0. The van der Waals surface area contributed by atoms with Crippen molar-refractivity contribution in [3.05, 3.63) is 28.8 Å². The number of thioether (sulfide) groups is 1. The van der Waals surface area contributed by atoms with Gasteiger partial charge in [0.05, 0.1) is 5.02 Å². The lowest BCUT2D eigenvalue weighted by molar-refractivity contribution is 0.516. The summed E-state index contributed by atoms with van der Waals surface area (Å²) in [4.78, 5) is 0.343. The Kier molecular flexibility index (Phi) is 5.15. The summed E-state index contributed by atoms with van der Waals surface area (Å²) in [6.45, 7) is 1.02. The van der Waals surface area contributed by atoms with Crippen LogP contribution in [0, 0.1) is 5.92 Å². The maximum absolute atomic E-state index is 6.14. The first-order chi connectivity index (χ1) is 8.66. The molecule has 1 aromatic rings. The van der Waals surface area contributed by atoms with Crippen LogP contribution < -0.4 is 11.1 Å². The van der Waals surface area contributed by atoms with Crippen molar-refractivity contribution in [3.63, 3.8) is 0 Å². The number of thiocarbonyl (C=S) groups is 1. The van der Waals surface area contributed by atoms with Crippen LogP contribution in [0.5, 0.6) is 0 Å². The standard InChI is InChI=1S/C13H17ClN2S2/c14-12-7-10(1-2-11(12)13(15)17)16-8-9-3-5-18-6-4-9/h1-2,7,9,16H,3-6,8H2,(H2,15,17). The molecule has 1 aromatic carbocycles. The zero-order valence-electron chi connectivity index (χ0n) is 10.1. The second-order valence-corrected chi connectivity index (χ2v) is 6.57. The molecule has 0 aromatic heterocycles. The van der Waals surface area contributed by atoms with Crippen molar-refractivity contribution in [1.82, 2.24) is 0 Å². The fourth-order valence-electron chi connectivity index (χ4n) is 2.04. The Morgan fingerprint density at radius 1 is 1.44 bits per heavy atom. The minimum Gasteiger partial charge on any atom is -0.389 e. The van der Waals surface area contributed by atoms with Gasteiger partial charge in [-0.3, -0.25) is 0 Å². The highest BCUT2D eigenvalue weighted by Crippen LogP contribution is 2.25. The highest BCUT2D eigenvalue weighted by atomic mass is 35.5. The van der Waals surface area contributed by atoms with Gasteiger partial charge in [-0.2, -0.15) is 11.8 Å². The second-order valence-electron chi connectivity index (χ2n) is 4.50. The van der Waals surface area contributed by atoms with Crippen LogP contribution in [0.15, 0.2) is 18.2 Å². The van der Waals surface area contributed by atoms with Crippen molar-refractivity contribution in [2.24, 2.45) is 11.7 Å². The van der Waals surface area contributed by atoms with Gasteiger partial charge in [0.2, 0.25) is 0 Å². The molecule has 0 amide bonds. The van der Waals surface area contributed by atoms with Crippen LogP contribution in [0.4, 0.5) is 5.69 Å². The molecule has 0 saturated carbocycles. The number of nitrogens with one attached hydrogen (secondary N) is 1. The molecule has 5 heteroatoms. The molecule has 0 aliphatic carbocycles. The summed E-state index contributed by atoms with van der Waals surface area (Å²) >= 11 is 13.1. The molecule has 1 saturated heterocycles. The molecule has 98 valence electrons. The monoisotopic (exact) mass is 300 g/mol. The first kappa shape index (κ1) is 14.0. The van der Waals surface area contributed by atoms with Crippen molar-refractivity contribution < 1.29 is 0 Å². The van der Waals surface area contributed by atoms with Crippen molar-refractivity contribution in [3.8, 4) is 0 Å². The maximum Gasteiger partial charge on any atom is 0.105 e. The van der Waals surface area contributed by atoms with Crippen LogP contribution in [-0.2, 0) is 0 Å². The molecule has 0 atom stereocenters. The number of halogens is 1. The van der Waals surface area contributed by atoms with E-state index in [0.717, 1.165) is 23.7 Å². The highest BCUT2D eigenvalue weighted by molar-refractivity contribution is 7.99. The number of hydrogen-bond acceptors (Lipinski definition) is 3. The number of hydrogen-bond donors (Lipinski definition) is 2. The first-order valence-electron chi connectivity index (χ1n) is 6.08. The van der Waals surface area contributed by atoms with E-state index < -0.39 is 0 Å². The van der Waals surface area contributed by atoms with E-state index in [1.807, 2.05) is 18.2 Å². The number of benzene rings is 1. The zero-order valence-corrected chi connectivity index (χ0v) is 12.5. The Balaban J connectivity index is 1.93. The van der Waals surface area contributed by atoms with E-state index in [1.165, 1.54) is 24.3 Å². The fourth-order valence-corrected chi connectivity index (χ4v) is 3.76. The molecular formula is C13H17ClN2S2. The lowest BCUT2D eigenvalue weighted by Crippen LogP contribution is -2.19. The van der Waals surface area contributed by atoms with Crippen LogP contribution >= 0.6 is 35.6 Å². The second kappa shape index (κ2) is 6.64. The molecule has 0 spiro atoms. The van der Waals surface area contributed by atoms with Gasteiger partial charge >= 0.3 is 0 Å². The van der Waals surface area contributed by atoms with Gasteiger partial charge in [0.15, 0.2) is 0 Å². The number of rotatable bonds is 4. The molecule has 2 nitrogen and oxygen atoms in total. The SMILES string of the molecule is NC(=S)c1ccc(NCC2CCSCC2)cc1Cl. The van der Waals surface area contributed by atoms with E-state index in [-0.39, 0.29) is 0 Å². The normalized spacial score (nSPS) is 16.5. The van der Waals surface area contributed by atoms with Crippen molar-refractivity contribution in [2.45, 2.75) is 12.8 Å². The van der Waals surface area contributed by atoms with Crippen molar-refractivity contribution in [2.75, 3.05) is 23.4 Å².